The van der Waals surface area contributed by atoms with Crippen LogP contribution in [0.1, 0.15) is 99.0 Å². The molecule has 18 N–H and O–H groups in total. The molecule has 414 valence electrons. The molecular formula is C47H76N12O15. The Bertz CT molecular complexity index is 2110. The molecule has 0 aliphatic rings. The van der Waals surface area contributed by atoms with E-state index in [9.17, 15) is 73.2 Å². The molecule has 0 radical (unpaired) electrons. The summed E-state index contributed by atoms with van der Waals surface area (Å²) in [4.78, 5) is 145. The van der Waals surface area contributed by atoms with Crippen molar-refractivity contribution in [2.45, 2.75) is 154 Å². The van der Waals surface area contributed by atoms with Gasteiger partial charge >= 0.3 is 17.9 Å². The lowest BCUT2D eigenvalue weighted by atomic mass is 9.98. The molecule has 0 heterocycles. The zero-order valence-corrected chi connectivity index (χ0v) is 42.8. The van der Waals surface area contributed by atoms with Gasteiger partial charge in [-0.05, 0) is 62.3 Å². The molecule has 0 aromatic heterocycles. The normalized spacial score (nSPS) is 14.8. The van der Waals surface area contributed by atoms with Crippen molar-refractivity contribution < 1.29 is 73.2 Å². The molecule has 0 aliphatic carbocycles. The number of nitrogens with one attached hydrogen (secondary N) is 10. The first kappa shape index (κ1) is 64.6. The first-order chi connectivity index (χ1) is 34.6. The number of carboxylic acid groups (broad SMARTS) is 3. The molecule has 0 aliphatic heterocycles. The summed E-state index contributed by atoms with van der Waals surface area (Å²) in [5.41, 5.74) is 11.7. The van der Waals surface area contributed by atoms with Gasteiger partial charge in [0.15, 0.2) is 5.96 Å². The first-order valence-electron chi connectivity index (χ1n) is 24.1. The molecule has 0 saturated carbocycles. The third-order valence-corrected chi connectivity index (χ3v) is 11.0. The maximum Gasteiger partial charge on any atom is 0.328 e. The number of rotatable bonds is 34. The van der Waals surface area contributed by atoms with Gasteiger partial charge in [-0.15, -0.1) is 0 Å². The number of aliphatic hydroxyl groups excluding tert-OH is 1. The Morgan fingerprint density at radius 3 is 1.43 bits per heavy atom. The molecule has 9 atom stereocenters. The Hall–Kier alpha value is -7.42. The van der Waals surface area contributed by atoms with Gasteiger partial charge in [0.05, 0.1) is 19.1 Å². The summed E-state index contributed by atoms with van der Waals surface area (Å²) >= 11 is 0. The van der Waals surface area contributed by atoms with Gasteiger partial charge < -0.3 is 79.7 Å². The van der Waals surface area contributed by atoms with Crippen LogP contribution in [0.15, 0.2) is 30.3 Å². The number of aliphatic hydroxyl groups is 1. The Morgan fingerprint density at radius 1 is 0.541 bits per heavy atom. The summed E-state index contributed by atoms with van der Waals surface area (Å²) < 4.78 is 0. The highest BCUT2D eigenvalue weighted by atomic mass is 16.4. The van der Waals surface area contributed by atoms with Crippen molar-refractivity contribution in [3.8, 4) is 0 Å². The molecule has 0 saturated heterocycles. The fourth-order valence-electron chi connectivity index (χ4n) is 7.08. The fourth-order valence-corrected chi connectivity index (χ4v) is 7.08. The maximum atomic E-state index is 14.2. The van der Waals surface area contributed by atoms with Crippen molar-refractivity contribution in [1.82, 2.24) is 47.9 Å². The summed E-state index contributed by atoms with van der Waals surface area (Å²) in [5, 5.41) is 67.6. The average Bonchev–Trinajstić information content (AvgIpc) is 3.30. The third-order valence-electron chi connectivity index (χ3n) is 11.0. The van der Waals surface area contributed by atoms with E-state index in [2.05, 4.69) is 47.9 Å². The fraction of sp³-hybridized carbons (Fsp3) is 0.617. The quantitative estimate of drug-likeness (QED) is 0.0184. The highest BCUT2D eigenvalue weighted by Gasteiger charge is 2.36. The van der Waals surface area contributed by atoms with Crippen LogP contribution in [0.5, 0.6) is 0 Å². The number of guanidine groups is 1. The predicted octanol–water partition coefficient (Wildman–Crippen LogP) is -3.12. The summed E-state index contributed by atoms with van der Waals surface area (Å²) in [5.74, 6) is -13.8. The highest BCUT2D eigenvalue weighted by Crippen LogP contribution is 2.13. The third kappa shape index (κ3) is 24.8. The Labute approximate surface area is 429 Å². The summed E-state index contributed by atoms with van der Waals surface area (Å²) in [6.45, 7) is 10.5. The number of hydrogen-bond acceptors (Lipinski definition) is 14. The lowest BCUT2D eigenvalue weighted by Crippen LogP contribution is -2.61. The minimum atomic E-state index is -1.94. The van der Waals surface area contributed by atoms with E-state index in [0.29, 0.717) is 5.56 Å². The van der Waals surface area contributed by atoms with Crippen molar-refractivity contribution in [2.24, 2.45) is 29.2 Å². The molecule has 8 amide bonds. The van der Waals surface area contributed by atoms with E-state index in [0.717, 1.165) is 0 Å². The number of amides is 8. The molecule has 74 heavy (non-hydrogen) atoms. The van der Waals surface area contributed by atoms with E-state index in [1.807, 2.05) is 0 Å². The molecule has 0 fully saturated rings. The number of aliphatic carboxylic acids is 3. The van der Waals surface area contributed by atoms with Gasteiger partial charge in [-0.3, -0.25) is 53.4 Å². The maximum absolute atomic E-state index is 14.2. The van der Waals surface area contributed by atoms with Crippen LogP contribution < -0.4 is 59.3 Å². The van der Waals surface area contributed by atoms with E-state index in [4.69, 9.17) is 16.9 Å². The van der Waals surface area contributed by atoms with Gasteiger partial charge in [0.25, 0.3) is 0 Å². The first-order valence-corrected chi connectivity index (χ1v) is 24.1. The van der Waals surface area contributed by atoms with E-state index >= 15 is 0 Å². The van der Waals surface area contributed by atoms with Crippen LogP contribution in [-0.2, 0) is 59.2 Å². The van der Waals surface area contributed by atoms with Crippen LogP contribution in [0.2, 0.25) is 0 Å². The van der Waals surface area contributed by atoms with Crippen LogP contribution in [0.4, 0.5) is 0 Å². The molecule has 0 spiro atoms. The van der Waals surface area contributed by atoms with E-state index in [1.165, 1.54) is 6.92 Å². The minimum Gasteiger partial charge on any atom is -0.481 e. The zero-order chi connectivity index (χ0) is 56.4. The van der Waals surface area contributed by atoms with Crippen molar-refractivity contribution in [3.63, 3.8) is 0 Å². The van der Waals surface area contributed by atoms with Gasteiger partial charge in [0, 0.05) is 19.4 Å². The smallest absolute Gasteiger partial charge is 0.328 e. The van der Waals surface area contributed by atoms with Crippen molar-refractivity contribution in [3.05, 3.63) is 35.9 Å². The van der Waals surface area contributed by atoms with Gasteiger partial charge in [0.2, 0.25) is 47.3 Å². The largest absolute Gasteiger partial charge is 0.481 e. The number of carbonyl (C=O) groups excluding carboxylic acids is 8. The van der Waals surface area contributed by atoms with Crippen LogP contribution in [-0.4, -0.2) is 159 Å². The number of nitrogens with two attached hydrogens (primary N) is 2. The second-order valence-electron chi connectivity index (χ2n) is 18.9. The Morgan fingerprint density at radius 2 is 0.973 bits per heavy atom. The Kier molecular flexibility index (Phi) is 28.5. The van der Waals surface area contributed by atoms with Crippen molar-refractivity contribution in [1.29, 1.82) is 5.41 Å². The van der Waals surface area contributed by atoms with Crippen molar-refractivity contribution in [2.75, 3.05) is 13.2 Å². The second kappa shape index (κ2) is 32.6. The standard InChI is InChI=1S/C47H76N12O15/c1-23(2)18-30(41(68)52-28(14-11-17-51-47(49)50)40(67)59-37(25(5)6)45(72)57-31(19-24(3)4)42(69)58-34(22-60)46(73)74)55-44(71)33(21-36(63)64)56-39(66)29(15-16-35(61)62)53-43(70)32(54-38(65)26(7)48)20-27-12-9-8-10-13-27/h8-10,12-13,23-26,28-34,37,60H,11,14-22,48H2,1-7H3,(H,52,68)(H,53,70)(H,54,65)(H,55,71)(H,56,66)(H,57,72)(H,58,69)(H,59,67)(H,61,62)(H,63,64)(H,73,74)(H4,49,50,51)/t26-,28-,29-,30-,31-,32-,33-,34-,37-/m0/s1. The Balaban J connectivity index is 3.54. The van der Waals surface area contributed by atoms with E-state index in [1.54, 1.807) is 71.9 Å². The van der Waals surface area contributed by atoms with Gasteiger partial charge in [0.1, 0.15) is 48.3 Å². The van der Waals surface area contributed by atoms with Gasteiger partial charge in [-0.1, -0.05) is 71.9 Å². The van der Waals surface area contributed by atoms with Crippen LogP contribution in [0.25, 0.3) is 0 Å². The molecule has 27 heteroatoms. The summed E-state index contributed by atoms with van der Waals surface area (Å²) in [7, 11) is 0. The molecular weight excluding hydrogens is 973 g/mol. The number of benzene rings is 1. The van der Waals surface area contributed by atoms with Crippen LogP contribution in [0, 0.1) is 23.2 Å². The topological polar surface area (TPSA) is 453 Å². The van der Waals surface area contributed by atoms with E-state index in [-0.39, 0.29) is 50.5 Å². The zero-order valence-electron chi connectivity index (χ0n) is 42.8. The second-order valence-corrected chi connectivity index (χ2v) is 18.9. The van der Waals surface area contributed by atoms with Crippen LogP contribution in [0.3, 0.4) is 0 Å². The van der Waals surface area contributed by atoms with Gasteiger partial charge in [-0.2, -0.15) is 0 Å². The summed E-state index contributed by atoms with van der Waals surface area (Å²) in [6, 6.07) is -4.90. The van der Waals surface area contributed by atoms with Crippen LogP contribution >= 0.6 is 0 Å². The molecule has 1 aromatic rings. The lowest BCUT2D eigenvalue weighted by Gasteiger charge is -2.29. The van der Waals surface area contributed by atoms with Gasteiger partial charge in [-0.25, -0.2) is 4.79 Å². The molecule has 0 bridgehead atoms. The minimum absolute atomic E-state index is 0.0311. The van der Waals surface area contributed by atoms with Crippen molar-refractivity contribution >= 4 is 71.1 Å². The highest BCUT2D eigenvalue weighted by molar-refractivity contribution is 5.99. The monoisotopic (exact) mass is 1050 g/mol. The SMILES string of the molecule is CC(C)C[C@H](NC(=O)[C@H](CC(=O)O)NC(=O)[C@H](CCC(=O)O)NC(=O)[C@H](Cc1ccccc1)NC(=O)[C@H](C)N)C(=O)N[C@@H](CCCNC(=N)N)C(=O)N[C@H](C(=O)N[C@@H](CC(C)C)C(=O)N[C@@H](CO)C(=O)O)C(C)C. The number of hydrogen-bond donors (Lipinski definition) is 16. The average molecular weight is 1050 g/mol. The predicted molar refractivity (Wildman–Crippen MR) is 266 cm³/mol. The molecule has 1 rings (SSSR count). The molecule has 27 nitrogen and oxygen atoms in total. The van der Waals surface area contributed by atoms with E-state index < -0.39 is 157 Å². The number of carboxylic acids is 3. The number of carbonyl (C=O) groups is 11. The molecule has 1 aromatic carbocycles. The summed E-state index contributed by atoms with van der Waals surface area (Å²) in [6.07, 6.45) is -2.52. The molecule has 0 unspecified atom stereocenters. The lowest BCUT2D eigenvalue weighted by molar-refractivity contribution is -0.143.